The average molecular weight is 372 g/mol. The van der Waals surface area contributed by atoms with E-state index in [-0.39, 0.29) is 12.0 Å². The molecule has 0 spiro atoms. The summed E-state index contributed by atoms with van der Waals surface area (Å²) in [6.07, 6.45) is -0.00901. The molecule has 0 radical (unpaired) electrons. The maximum absolute atomic E-state index is 9.85. The molecule has 1 aromatic heterocycles. The van der Waals surface area contributed by atoms with Crippen molar-refractivity contribution in [3.8, 4) is 29.0 Å². The Morgan fingerprint density at radius 1 is 1.14 bits per heavy atom. The smallest absolute Gasteiger partial charge is 0.244 e. The zero-order valence-corrected chi connectivity index (χ0v) is 15.6. The highest BCUT2D eigenvalue weighted by Gasteiger charge is 2.37. The molecular formula is C22H20N4O2. The van der Waals surface area contributed by atoms with Gasteiger partial charge in [0.15, 0.2) is 0 Å². The molecule has 3 aromatic rings. The second-order valence-electron chi connectivity index (χ2n) is 6.81. The summed E-state index contributed by atoms with van der Waals surface area (Å²) >= 11 is 0. The van der Waals surface area contributed by atoms with Crippen LogP contribution in [0.5, 0.6) is 11.6 Å². The SMILES string of the molecule is CC(C)Oc1ccccc1[C@@H]1C(C#N)=C(N)Oc2n[nH]c(-c3ccccc3)c21. The fourth-order valence-corrected chi connectivity index (χ4v) is 3.46. The second kappa shape index (κ2) is 7.12. The van der Waals surface area contributed by atoms with Crippen LogP contribution in [0.3, 0.4) is 0 Å². The molecule has 1 atom stereocenters. The number of H-pyrrole nitrogens is 1. The van der Waals surface area contributed by atoms with E-state index in [1.54, 1.807) is 0 Å². The van der Waals surface area contributed by atoms with Crippen LogP contribution in [0.15, 0.2) is 66.1 Å². The lowest BCUT2D eigenvalue weighted by atomic mass is 9.82. The molecule has 0 aliphatic carbocycles. The number of hydrogen-bond donors (Lipinski definition) is 2. The standard InChI is InChI=1S/C22H20N4O2/c1-13(2)27-17-11-7-6-10-15(17)18-16(12-23)21(24)28-22-19(18)20(25-26-22)14-8-4-3-5-9-14/h3-11,13,18H,24H2,1-2H3,(H,25,26)/t18-/m1/s1. The number of fused-ring (bicyclic) bond motifs is 1. The summed E-state index contributed by atoms with van der Waals surface area (Å²) in [6, 6.07) is 19.7. The summed E-state index contributed by atoms with van der Waals surface area (Å²) in [5, 5.41) is 17.2. The van der Waals surface area contributed by atoms with Crippen molar-refractivity contribution in [2.45, 2.75) is 25.9 Å². The maximum atomic E-state index is 9.85. The van der Waals surface area contributed by atoms with Crippen molar-refractivity contribution in [3.63, 3.8) is 0 Å². The van der Waals surface area contributed by atoms with Crippen LogP contribution in [-0.4, -0.2) is 16.3 Å². The Morgan fingerprint density at radius 3 is 2.57 bits per heavy atom. The molecule has 0 bridgehead atoms. The van der Waals surface area contributed by atoms with Gasteiger partial charge in [-0.2, -0.15) is 5.26 Å². The molecule has 0 saturated carbocycles. The van der Waals surface area contributed by atoms with Crippen LogP contribution in [-0.2, 0) is 0 Å². The van der Waals surface area contributed by atoms with Crippen molar-refractivity contribution in [1.82, 2.24) is 10.2 Å². The van der Waals surface area contributed by atoms with Gasteiger partial charge in [0.2, 0.25) is 11.8 Å². The van der Waals surface area contributed by atoms with E-state index in [0.717, 1.165) is 22.4 Å². The minimum absolute atomic E-state index is 0.00901. The summed E-state index contributed by atoms with van der Waals surface area (Å²) in [5.41, 5.74) is 9.77. The first-order chi connectivity index (χ1) is 13.6. The molecule has 6 nitrogen and oxygen atoms in total. The van der Waals surface area contributed by atoms with Gasteiger partial charge >= 0.3 is 0 Å². The minimum Gasteiger partial charge on any atom is -0.491 e. The number of rotatable bonds is 4. The van der Waals surface area contributed by atoms with Gasteiger partial charge in [0.1, 0.15) is 17.4 Å². The van der Waals surface area contributed by atoms with Crippen molar-refractivity contribution in [3.05, 3.63) is 77.2 Å². The third-order valence-electron chi connectivity index (χ3n) is 4.59. The van der Waals surface area contributed by atoms with Crippen LogP contribution in [0.2, 0.25) is 0 Å². The molecule has 3 N–H and O–H groups in total. The zero-order valence-electron chi connectivity index (χ0n) is 15.6. The molecule has 0 unspecified atom stereocenters. The summed E-state index contributed by atoms with van der Waals surface area (Å²) < 4.78 is 11.7. The number of para-hydroxylation sites is 1. The van der Waals surface area contributed by atoms with E-state index in [0.29, 0.717) is 17.2 Å². The molecule has 6 heteroatoms. The quantitative estimate of drug-likeness (QED) is 0.719. The second-order valence-corrected chi connectivity index (χ2v) is 6.81. The van der Waals surface area contributed by atoms with Gasteiger partial charge in [0, 0.05) is 5.56 Å². The van der Waals surface area contributed by atoms with Crippen LogP contribution in [0, 0.1) is 11.3 Å². The number of benzene rings is 2. The minimum atomic E-state index is -0.447. The fraction of sp³-hybridized carbons (Fsp3) is 0.182. The monoisotopic (exact) mass is 372 g/mol. The van der Waals surface area contributed by atoms with Gasteiger partial charge in [-0.1, -0.05) is 48.5 Å². The van der Waals surface area contributed by atoms with Gasteiger partial charge < -0.3 is 15.2 Å². The number of ether oxygens (including phenoxy) is 2. The van der Waals surface area contributed by atoms with Gasteiger partial charge in [-0.3, -0.25) is 5.10 Å². The Kier molecular flexibility index (Phi) is 4.50. The highest BCUT2D eigenvalue weighted by molar-refractivity contribution is 5.71. The third kappa shape index (κ3) is 2.97. The average Bonchev–Trinajstić information content (AvgIpc) is 3.11. The Labute approximate surface area is 163 Å². The Hall–Kier alpha value is -3.72. The molecular weight excluding hydrogens is 352 g/mol. The summed E-state index contributed by atoms with van der Waals surface area (Å²) in [6.45, 7) is 3.93. The number of nitrogens with one attached hydrogen (secondary N) is 1. The van der Waals surface area contributed by atoms with E-state index in [1.807, 2.05) is 68.4 Å². The molecule has 0 saturated heterocycles. The molecule has 1 aliphatic heterocycles. The molecule has 1 aliphatic rings. The van der Waals surface area contributed by atoms with Gasteiger partial charge in [-0.15, -0.1) is 5.10 Å². The molecule has 0 amide bonds. The fourth-order valence-electron chi connectivity index (χ4n) is 3.46. The van der Waals surface area contributed by atoms with Crippen molar-refractivity contribution in [1.29, 1.82) is 5.26 Å². The Morgan fingerprint density at radius 2 is 1.86 bits per heavy atom. The Bertz CT molecular complexity index is 1080. The van der Waals surface area contributed by atoms with E-state index < -0.39 is 5.92 Å². The maximum Gasteiger partial charge on any atom is 0.244 e. The van der Waals surface area contributed by atoms with E-state index >= 15 is 0 Å². The van der Waals surface area contributed by atoms with Crippen LogP contribution in [0.4, 0.5) is 0 Å². The predicted octanol–water partition coefficient (Wildman–Crippen LogP) is 4.08. The van der Waals surface area contributed by atoms with Crippen molar-refractivity contribution < 1.29 is 9.47 Å². The van der Waals surface area contributed by atoms with Crippen molar-refractivity contribution in [2.24, 2.45) is 5.73 Å². The number of nitrogens with two attached hydrogens (primary N) is 1. The van der Waals surface area contributed by atoms with E-state index in [1.165, 1.54) is 0 Å². The first kappa shape index (κ1) is 17.7. The first-order valence-electron chi connectivity index (χ1n) is 9.07. The highest BCUT2D eigenvalue weighted by Crippen LogP contribution is 2.47. The molecule has 2 aromatic carbocycles. The largest absolute Gasteiger partial charge is 0.491 e. The normalized spacial score (nSPS) is 15.7. The van der Waals surface area contributed by atoms with E-state index in [9.17, 15) is 5.26 Å². The predicted molar refractivity (Wildman–Crippen MR) is 106 cm³/mol. The molecule has 4 rings (SSSR count). The van der Waals surface area contributed by atoms with Crippen molar-refractivity contribution >= 4 is 0 Å². The lowest BCUT2D eigenvalue weighted by Crippen LogP contribution is -2.21. The number of aromatic nitrogens is 2. The van der Waals surface area contributed by atoms with Gasteiger partial charge in [0.05, 0.1) is 23.3 Å². The van der Waals surface area contributed by atoms with Gasteiger partial charge in [0.25, 0.3) is 0 Å². The first-order valence-corrected chi connectivity index (χ1v) is 9.07. The molecule has 2 heterocycles. The Balaban J connectivity index is 1.95. The summed E-state index contributed by atoms with van der Waals surface area (Å²) in [5.74, 6) is 0.693. The summed E-state index contributed by atoms with van der Waals surface area (Å²) in [4.78, 5) is 0. The van der Waals surface area contributed by atoms with Crippen LogP contribution in [0.1, 0.15) is 30.9 Å². The number of allylic oxidation sites excluding steroid dienone is 1. The van der Waals surface area contributed by atoms with Crippen LogP contribution in [0.25, 0.3) is 11.3 Å². The van der Waals surface area contributed by atoms with Crippen molar-refractivity contribution in [2.75, 3.05) is 0 Å². The van der Waals surface area contributed by atoms with Gasteiger partial charge in [-0.05, 0) is 25.5 Å². The third-order valence-corrected chi connectivity index (χ3v) is 4.59. The van der Waals surface area contributed by atoms with Crippen LogP contribution >= 0.6 is 0 Å². The number of hydrogen-bond acceptors (Lipinski definition) is 5. The lowest BCUT2D eigenvalue weighted by Gasteiger charge is -2.26. The topological polar surface area (TPSA) is 96.9 Å². The highest BCUT2D eigenvalue weighted by atomic mass is 16.5. The van der Waals surface area contributed by atoms with E-state index in [2.05, 4.69) is 16.3 Å². The van der Waals surface area contributed by atoms with E-state index in [4.69, 9.17) is 15.2 Å². The van der Waals surface area contributed by atoms with Gasteiger partial charge in [-0.25, -0.2) is 0 Å². The molecule has 140 valence electrons. The summed E-state index contributed by atoms with van der Waals surface area (Å²) in [7, 11) is 0. The number of nitriles is 1. The number of nitrogens with zero attached hydrogens (tertiary/aromatic N) is 2. The molecule has 0 fully saturated rings. The number of aromatic amines is 1. The van der Waals surface area contributed by atoms with Crippen LogP contribution < -0.4 is 15.2 Å². The molecule has 28 heavy (non-hydrogen) atoms. The zero-order chi connectivity index (χ0) is 19.7. The lowest BCUT2D eigenvalue weighted by molar-refractivity contribution is 0.239.